The van der Waals surface area contributed by atoms with Gasteiger partial charge in [0.25, 0.3) is 0 Å². The first kappa shape index (κ1) is 18.4. The van der Waals surface area contributed by atoms with E-state index in [4.69, 9.17) is 0 Å². The smallest absolute Gasteiger partial charge is 0.225 e. The molecule has 0 radical (unpaired) electrons. The van der Waals surface area contributed by atoms with Crippen LogP contribution in [0.15, 0.2) is 12.4 Å². The molecule has 6 nitrogen and oxygen atoms in total. The second kappa shape index (κ2) is 8.32. The van der Waals surface area contributed by atoms with Crippen LogP contribution < -0.4 is 0 Å². The lowest BCUT2D eigenvalue weighted by atomic mass is 9.85. The molecule has 2 heterocycles. The second-order valence-corrected chi connectivity index (χ2v) is 7.91. The van der Waals surface area contributed by atoms with Crippen LogP contribution >= 0.6 is 0 Å². The Morgan fingerprint density at radius 3 is 2.76 bits per heavy atom. The summed E-state index contributed by atoms with van der Waals surface area (Å²) in [4.78, 5) is 21.7. The van der Waals surface area contributed by atoms with E-state index in [-0.39, 0.29) is 12.0 Å². The van der Waals surface area contributed by atoms with Crippen molar-refractivity contribution in [2.45, 2.75) is 57.1 Å². The molecule has 0 spiro atoms. The zero-order valence-electron chi connectivity index (χ0n) is 15.6. The summed E-state index contributed by atoms with van der Waals surface area (Å²) in [5, 5.41) is 9.67. The highest BCUT2D eigenvalue weighted by atomic mass is 16.3. The fourth-order valence-corrected chi connectivity index (χ4v) is 4.15. The van der Waals surface area contributed by atoms with Gasteiger partial charge in [0.05, 0.1) is 6.10 Å². The lowest BCUT2D eigenvalue weighted by Gasteiger charge is -2.36. The van der Waals surface area contributed by atoms with E-state index in [0.29, 0.717) is 11.8 Å². The van der Waals surface area contributed by atoms with Crippen molar-refractivity contribution in [2.24, 2.45) is 5.92 Å². The molecule has 1 amide bonds. The summed E-state index contributed by atoms with van der Waals surface area (Å²) in [6.45, 7) is 3.58. The fraction of sp³-hybridized carbons (Fsp3) is 0.789. The highest BCUT2D eigenvalue weighted by molar-refractivity contribution is 5.79. The van der Waals surface area contributed by atoms with Crippen molar-refractivity contribution in [2.75, 3.05) is 33.7 Å². The largest absolute Gasteiger partial charge is 0.393 e. The van der Waals surface area contributed by atoms with E-state index in [9.17, 15) is 9.90 Å². The van der Waals surface area contributed by atoms with Gasteiger partial charge in [-0.2, -0.15) is 0 Å². The third-order valence-electron chi connectivity index (χ3n) is 5.68. The Morgan fingerprint density at radius 1 is 1.28 bits per heavy atom. The lowest BCUT2D eigenvalue weighted by Crippen LogP contribution is -2.44. The first-order valence-corrected chi connectivity index (χ1v) is 9.67. The maximum atomic E-state index is 12.9. The number of carbonyl (C=O) groups is 1. The molecule has 1 atom stereocenters. The van der Waals surface area contributed by atoms with Crippen LogP contribution in [0, 0.1) is 5.92 Å². The Labute approximate surface area is 150 Å². The van der Waals surface area contributed by atoms with Crippen LogP contribution in [0.1, 0.15) is 50.3 Å². The van der Waals surface area contributed by atoms with Gasteiger partial charge < -0.3 is 19.5 Å². The molecular weight excluding hydrogens is 316 g/mol. The van der Waals surface area contributed by atoms with E-state index in [2.05, 4.69) is 39.6 Å². The number of imidazole rings is 1. The zero-order valence-corrected chi connectivity index (χ0v) is 15.6. The van der Waals surface area contributed by atoms with Crippen LogP contribution in [0.3, 0.4) is 0 Å². The number of hydrogen-bond donors (Lipinski definition) is 1. The normalized spacial score (nSPS) is 27.7. The van der Waals surface area contributed by atoms with Crippen molar-refractivity contribution in [3.05, 3.63) is 18.2 Å². The Balaban J connectivity index is 1.61. The van der Waals surface area contributed by atoms with Crippen LogP contribution in [0.2, 0.25) is 0 Å². The highest BCUT2D eigenvalue weighted by Crippen LogP contribution is 2.30. The lowest BCUT2D eigenvalue weighted by molar-refractivity contribution is -0.138. The third kappa shape index (κ3) is 4.61. The number of nitrogens with zero attached hydrogens (tertiary/aromatic N) is 4. The predicted molar refractivity (Wildman–Crippen MR) is 97.3 cm³/mol. The number of likely N-dealkylation sites (tertiary alicyclic amines) is 1. The molecule has 2 aliphatic rings. The van der Waals surface area contributed by atoms with Crippen LogP contribution in [-0.4, -0.2) is 70.2 Å². The summed E-state index contributed by atoms with van der Waals surface area (Å²) in [5.41, 5.74) is 0. The topological polar surface area (TPSA) is 61.6 Å². The monoisotopic (exact) mass is 348 g/mol. The minimum absolute atomic E-state index is 0.107. The summed E-state index contributed by atoms with van der Waals surface area (Å²) in [6, 6.07) is 0. The van der Waals surface area contributed by atoms with Gasteiger partial charge in [0, 0.05) is 50.4 Å². The molecule has 1 aromatic rings. The van der Waals surface area contributed by atoms with Gasteiger partial charge in [-0.3, -0.25) is 4.79 Å². The fourth-order valence-electron chi connectivity index (χ4n) is 4.15. The molecule has 1 saturated heterocycles. The van der Waals surface area contributed by atoms with E-state index in [1.165, 1.54) is 0 Å². The zero-order chi connectivity index (χ0) is 17.8. The molecule has 2 fully saturated rings. The van der Waals surface area contributed by atoms with E-state index < -0.39 is 0 Å². The van der Waals surface area contributed by atoms with Crippen LogP contribution in [0.5, 0.6) is 0 Å². The predicted octanol–water partition coefficient (Wildman–Crippen LogP) is 1.70. The Bertz CT molecular complexity index is 564. The molecule has 1 N–H and O–H groups in total. The van der Waals surface area contributed by atoms with Crippen LogP contribution in [0.25, 0.3) is 0 Å². The SMILES string of the molecule is CN(C)CCn1ccnc1[C@@H]1CCCN(C(=O)C2CCC(O)CC2)C1. The van der Waals surface area contributed by atoms with Gasteiger partial charge >= 0.3 is 0 Å². The second-order valence-electron chi connectivity index (χ2n) is 7.91. The number of aromatic nitrogens is 2. The van der Waals surface area contributed by atoms with Gasteiger partial charge in [0.15, 0.2) is 0 Å². The molecule has 1 aromatic heterocycles. The van der Waals surface area contributed by atoms with Gasteiger partial charge in [-0.15, -0.1) is 0 Å². The number of aliphatic hydroxyl groups is 1. The number of hydrogen-bond acceptors (Lipinski definition) is 4. The molecular formula is C19H32N4O2. The number of carbonyl (C=O) groups excluding carboxylic acids is 1. The molecule has 1 saturated carbocycles. The van der Waals surface area contributed by atoms with Gasteiger partial charge in [-0.1, -0.05) is 0 Å². The van der Waals surface area contributed by atoms with Crippen molar-refractivity contribution in [1.82, 2.24) is 19.4 Å². The Kier molecular flexibility index (Phi) is 6.12. The van der Waals surface area contributed by atoms with E-state index >= 15 is 0 Å². The molecule has 1 aliphatic heterocycles. The van der Waals surface area contributed by atoms with Gasteiger partial charge in [0.2, 0.25) is 5.91 Å². The van der Waals surface area contributed by atoms with Crippen LogP contribution in [-0.2, 0) is 11.3 Å². The average molecular weight is 348 g/mol. The summed E-state index contributed by atoms with van der Waals surface area (Å²) >= 11 is 0. The number of piperidine rings is 1. The first-order valence-electron chi connectivity index (χ1n) is 9.67. The third-order valence-corrected chi connectivity index (χ3v) is 5.68. The van der Waals surface area contributed by atoms with E-state index in [1.807, 2.05) is 6.20 Å². The van der Waals surface area contributed by atoms with Crippen molar-refractivity contribution in [3.8, 4) is 0 Å². The standard InChI is InChI=1S/C19H32N4O2/c1-21(2)12-13-22-11-9-20-18(22)16-4-3-10-23(14-16)19(25)15-5-7-17(24)8-6-15/h9,11,15-17,24H,3-8,10,12-14H2,1-2H3/t15?,16-,17?/m1/s1. The number of amides is 1. The maximum Gasteiger partial charge on any atom is 0.225 e. The van der Waals surface area contributed by atoms with Crippen LogP contribution in [0.4, 0.5) is 0 Å². The van der Waals surface area contributed by atoms with Crippen molar-refractivity contribution >= 4 is 5.91 Å². The Hall–Kier alpha value is -1.40. The van der Waals surface area contributed by atoms with Crippen molar-refractivity contribution in [3.63, 3.8) is 0 Å². The van der Waals surface area contributed by atoms with Gasteiger partial charge in [-0.05, 0) is 52.6 Å². The Morgan fingerprint density at radius 2 is 2.04 bits per heavy atom. The van der Waals surface area contributed by atoms with Gasteiger partial charge in [-0.25, -0.2) is 4.98 Å². The quantitative estimate of drug-likeness (QED) is 0.880. The molecule has 0 aromatic carbocycles. The molecule has 6 heteroatoms. The minimum Gasteiger partial charge on any atom is -0.393 e. The molecule has 3 rings (SSSR count). The molecule has 140 valence electrons. The molecule has 0 bridgehead atoms. The average Bonchev–Trinajstić information content (AvgIpc) is 3.09. The summed E-state index contributed by atoms with van der Waals surface area (Å²) in [6.07, 6.45) is 9.08. The molecule has 1 aliphatic carbocycles. The summed E-state index contributed by atoms with van der Waals surface area (Å²) < 4.78 is 2.25. The van der Waals surface area contributed by atoms with Crippen molar-refractivity contribution < 1.29 is 9.90 Å². The maximum absolute atomic E-state index is 12.9. The van der Waals surface area contributed by atoms with E-state index in [0.717, 1.165) is 70.5 Å². The minimum atomic E-state index is -0.206. The number of aliphatic hydroxyl groups excluding tert-OH is 1. The molecule has 0 unspecified atom stereocenters. The first-order chi connectivity index (χ1) is 12.0. The van der Waals surface area contributed by atoms with Crippen molar-refractivity contribution in [1.29, 1.82) is 0 Å². The highest BCUT2D eigenvalue weighted by Gasteiger charge is 2.32. The number of rotatable bonds is 5. The van der Waals surface area contributed by atoms with Gasteiger partial charge in [0.1, 0.15) is 5.82 Å². The molecule has 25 heavy (non-hydrogen) atoms. The summed E-state index contributed by atoms with van der Waals surface area (Å²) in [5.74, 6) is 1.86. The summed E-state index contributed by atoms with van der Waals surface area (Å²) in [7, 11) is 4.16. The van der Waals surface area contributed by atoms with E-state index in [1.54, 1.807) is 0 Å². The number of likely N-dealkylation sites (N-methyl/N-ethyl adjacent to an activating group) is 1.